The third kappa shape index (κ3) is 4.02. The summed E-state index contributed by atoms with van der Waals surface area (Å²) in [6, 6.07) is 16.7. The molecule has 1 atom stereocenters. The molecule has 110 valence electrons. The molecule has 0 aliphatic rings. The second kappa shape index (κ2) is 7.75. The topological polar surface area (TPSA) is 37.3 Å². The number of benzene rings is 2. The first-order valence-electron chi connectivity index (χ1n) is 7.59. The molecule has 0 saturated carbocycles. The van der Waals surface area contributed by atoms with Crippen LogP contribution in [0.5, 0.6) is 0 Å². The van der Waals surface area contributed by atoms with E-state index in [-0.39, 0.29) is 5.78 Å². The van der Waals surface area contributed by atoms with Crippen molar-refractivity contribution < 1.29 is 9.90 Å². The van der Waals surface area contributed by atoms with Crippen molar-refractivity contribution in [3.63, 3.8) is 0 Å². The average molecular weight is 282 g/mol. The zero-order valence-corrected chi connectivity index (χ0v) is 12.5. The van der Waals surface area contributed by atoms with E-state index in [1.807, 2.05) is 42.5 Å². The molecule has 0 heterocycles. The summed E-state index contributed by atoms with van der Waals surface area (Å²) in [5.74, 6) is -0.237. The van der Waals surface area contributed by atoms with Gasteiger partial charge in [0.2, 0.25) is 0 Å². The largest absolute Gasteiger partial charge is 0.380 e. The predicted molar refractivity (Wildman–Crippen MR) is 85.4 cm³/mol. The monoisotopic (exact) mass is 282 g/mol. The van der Waals surface area contributed by atoms with E-state index in [1.54, 1.807) is 12.1 Å². The van der Waals surface area contributed by atoms with E-state index in [4.69, 9.17) is 0 Å². The number of rotatable bonds is 7. The molecule has 1 unspecified atom stereocenters. The molecule has 2 rings (SSSR count). The molecular formula is C19H22O2. The van der Waals surface area contributed by atoms with Gasteiger partial charge in [0, 0.05) is 5.56 Å². The van der Waals surface area contributed by atoms with E-state index in [9.17, 15) is 9.90 Å². The lowest BCUT2D eigenvalue weighted by Gasteiger charge is -2.15. The summed E-state index contributed by atoms with van der Waals surface area (Å²) in [4.78, 5) is 12.4. The van der Waals surface area contributed by atoms with E-state index < -0.39 is 6.10 Å². The Morgan fingerprint density at radius 1 is 1.00 bits per heavy atom. The first-order chi connectivity index (χ1) is 10.2. The van der Waals surface area contributed by atoms with Crippen LogP contribution in [0.25, 0.3) is 0 Å². The van der Waals surface area contributed by atoms with Gasteiger partial charge in [-0.25, -0.2) is 0 Å². The van der Waals surface area contributed by atoms with Crippen LogP contribution in [0.2, 0.25) is 0 Å². The second-order valence-electron chi connectivity index (χ2n) is 5.29. The molecule has 0 spiro atoms. The first kappa shape index (κ1) is 15.5. The minimum atomic E-state index is -1.08. The Labute approximate surface area is 126 Å². The molecule has 0 saturated heterocycles. The number of unbranched alkanes of at least 4 members (excludes halogenated alkanes) is 2. The smallest absolute Gasteiger partial charge is 0.195 e. The van der Waals surface area contributed by atoms with Crippen LogP contribution in [0.15, 0.2) is 54.6 Å². The van der Waals surface area contributed by atoms with Crippen LogP contribution in [-0.4, -0.2) is 10.9 Å². The Bertz CT molecular complexity index is 575. The van der Waals surface area contributed by atoms with Crippen LogP contribution in [0.4, 0.5) is 0 Å². The number of carbonyl (C=O) groups excluding carboxylic acids is 1. The van der Waals surface area contributed by atoms with Gasteiger partial charge in [0.25, 0.3) is 0 Å². The van der Waals surface area contributed by atoms with Crippen molar-refractivity contribution in [1.82, 2.24) is 0 Å². The van der Waals surface area contributed by atoms with E-state index >= 15 is 0 Å². The summed E-state index contributed by atoms with van der Waals surface area (Å²) in [5.41, 5.74) is 2.36. The van der Waals surface area contributed by atoms with E-state index in [0.29, 0.717) is 5.56 Å². The van der Waals surface area contributed by atoms with Crippen LogP contribution in [-0.2, 0) is 6.42 Å². The molecule has 0 radical (unpaired) electrons. The van der Waals surface area contributed by atoms with Crippen molar-refractivity contribution in [3.8, 4) is 0 Å². The van der Waals surface area contributed by atoms with Gasteiger partial charge in [0.1, 0.15) is 6.10 Å². The fraction of sp³-hybridized carbons (Fsp3) is 0.316. The molecule has 0 aromatic heterocycles. The molecule has 0 fully saturated rings. The van der Waals surface area contributed by atoms with Gasteiger partial charge in [-0.05, 0) is 24.0 Å². The van der Waals surface area contributed by atoms with Crippen molar-refractivity contribution in [1.29, 1.82) is 0 Å². The van der Waals surface area contributed by atoms with Gasteiger partial charge in [0.05, 0.1) is 0 Å². The van der Waals surface area contributed by atoms with Crippen LogP contribution < -0.4 is 0 Å². The Hall–Kier alpha value is -1.93. The lowest BCUT2D eigenvalue weighted by molar-refractivity contribution is 0.0745. The van der Waals surface area contributed by atoms with Gasteiger partial charge in [0.15, 0.2) is 5.78 Å². The molecule has 2 aromatic rings. The van der Waals surface area contributed by atoms with E-state index in [0.717, 1.165) is 36.8 Å². The molecule has 1 N–H and O–H groups in total. The van der Waals surface area contributed by atoms with Crippen molar-refractivity contribution in [2.24, 2.45) is 0 Å². The molecule has 0 aliphatic carbocycles. The number of aryl methyl sites for hydroxylation is 1. The van der Waals surface area contributed by atoms with Crippen molar-refractivity contribution in [2.75, 3.05) is 0 Å². The molecular weight excluding hydrogens is 260 g/mol. The fourth-order valence-corrected chi connectivity index (χ4v) is 2.50. The Morgan fingerprint density at radius 2 is 1.67 bits per heavy atom. The van der Waals surface area contributed by atoms with Crippen LogP contribution in [0.1, 0.15) is 53.8 Å². The van der Waals surface area contributed by atoms with Gasteiger partial charge in [-0.2, -0.15) is 0 Å². The van der Waals surface area contributed by atoms with Crippen molar-refractivity contribution in [3.05, 3.63) is 71.3 Å². The predicted octanol–water partition coefficient (Wildman–Crippen LogP) is 4.34. The Kier molecular flexibility index (Phi) is 5.70. The van der Waals surface area contributed by atoms with E-state index in [2.05, 4.69) is 6.92 Å². The number of carbonyl (C=O) groups is 1. The molecule has 2 heteroatoms. The SMILES string of the molecule is CCCCCc1ccccc1C(O)C(=O)c1ccccc1. The van der Waals surface area contributed by atoms with Gasteiger partial charge in [-0.15, -0.1) is 0 Å². The van der Waals surface area contributed by atoms with Crippen LogP contribution >= 0.6 is 0 Å². The lowest BCUT2D eigenvalue weighted by atomic mass is 9.93. The van der Waals surface area contributed by atoms with Gasteiger partial charge >= 0.3 is 0 Å². The zero-order valence-electron chi connectivity index (χ0n) is 12.5. The summed E-state index contributed by atoms with van der Waals surface area (Å²) in [6.45, 7) is 2.17. The number of ketones is 1. The Balaban J connectivity index is 2.18. The van der Waals surface area contributed by atoms with Gasteiger partial charge in [-0.1, -0.05) is 74.4 Å². The van der Waals surface area contributed by atoms with Crippen LogP contribution in [0, 0.1) is 0 Å². The molecule has 21 heavy (non-hydrogen) atoms. The lowest BCUT2D eigenvalue weighted by Crippen LogP contribution is -2.14. The third-order valence-electron chi connectivity index (χ3n) is 3.71. The third-order valence-corrected chi connectivity index (χ3v) is 3.71. The first-order valence-corrected chi connectivity index (χ1v) is 7.59. The number of hydrogen-bond donors (Lipinski definition) is 1. The van der Waals surface area contributed by atoms with Gasteiger partial charge in [-0.3, -0.25) is 4.79 Å². The molecule has 0 aliphatic heterocycles. The summed E-state index contributed by atoms with van der Waals surface area (Å²) in [7, 11) is 0. The fourth-order valence-electron chi connectivity index (χ4n) is 2.50. The summed E-state index contributed by atoms with van der Waals surface area (Å²) < 4.78 is 0. The second-order valence-corrected chi connectivity index (χ2v) is 5.29. The van der Waals surface area contributed by atoms with E-state index in [1.165, 1.54) is 0 Å². The highest BCUT2D eigenvalue weighted by atomic mass is 16.3. The maximum Gasteiger partial charge on any atom is 0.195 e. The number of hydrogen-bond acceptors (Lipinski definition) is 2. The molecule has 2 aromatic carbocycles. The minimum Gasteiger partial charge on any atom is -0.380 e. The highest BCUT2D eigenvalue weighted by Crippen LogP contribution is 2.23. The van der Waals surface area contributed by atoms with Crippen LogP contribution in [0.3, 0.4) is 0 Å². The minimum absolute atomic E-state index is 0.237. The Morgan fingerprint density at radius 3 is 2.38 bits per heavy atom. The molecule has 0 amide bonds. The highest BCUT2D eigenvalue weighted by Gasteiger charge is 2.21. The maximum absolute atomic E-state index is 12.4. The van der Waals surface area contributed by atoms with Crippen molar-refractivity contribution >= 4 is 5.78 Å². The zero-order chi connectivity index (χ0) is 15.1. The molecule has 0 bridgehead atoms. The highest BCUT2D eigenvalue weighted by molar-refractivity contribution is 6.00. The standard InChI is InChI=1S/C19H22O2/c1-2-3-5-10-15-11-8-9-14-17(15)19(21)18(20)16-12-6-4-7-13-16/h4,6-9,11-14,19,21H,2-3,5,10H2,1H3. The number of Topliss-reactive ketones (excluding diaryl/α,β-unsaturated/α-hetero) is 1. The quantitative estimate of drug-likeness (QED) is 0.606. The normalized spacial score (nSPS) is 12.1. The van der Waals surface area contributed by atoms with Crippen molar-refractivity contribution in [2.45, 2.75) is 38.7 Å². The maximum atomic E-state index is 12.4. The average Bonchev–Trinajstić information content (AvgIpc) is 2.55. The summed E-state index contributed by atoms with van der Waals surface area (Å²) in [5, 5.41) is 10.4. The number of aliphatic hydroxyl groups excluding tert-OH is 1. The summed E-state index contributed by atoms with van der Waals surface area (Å²) >= 11 is 0. The number of aliphatic hydroxyl groups is 1. The van der Waals surface area contributed by atoms with Gasteiger partial charge < -0.3 is 5.11 Å². The molecule has 2 nitrogen and oxygen atoms in total. The summed E-state index contributed by atoms with van der Waals surface area (Å²) in [6.07, 6.45) is 3.23.